The minimum absolute atomic E-state index is 0.222. The fourth-order valence-electron chi connectivity index (χ4n) is 1.41. The van der Waals surface area contributed by atoms with Crippen molar-refractivity contribution in [1.82, 2.24) is 0 Å². The molecule has 11 heavy (non-hydrogen) atoms. The Morgan fingerprint density at radius 3 is 2.55 bits per heavy atom. The van der Waals surface area contributed by atoms with Crippen molar-refractivity contribution in [3.8, 4) is 6.07 Å². The van der Waals surface area contributed by atoms with Gasteiger partial charge in [-0.15, -0.1) is 0 Å². The molecule has 0 unspecified atom stereocenters. The summed E-state index contributed by atoms with van der Waals surface area (Å²) in [6, 6.07) is 2.33. The number of rotatable bonds is 2. The van der Waals surface area contributed by atoms with Crippen molar-refractivity contribution in [3.05, 3.63) is 0 Å². The van der Waals surface area contributed by atoms with Gasteiger partial charge in [0.15, 0.2) is 0 Å². The lowest BCUT2D eigenvalue weighted by Crippen LogP contribution is -2.30. The smallest absolute Gasteiger partial charge is 0.134 e. The first-order valence-electron chi connectivity index (χ1n) is 4.07. The Labute approximate surface area is 67.1 Å². The van der Waals surface area contributed by atoms with Crippen LogP contribution in [0, 0.1) is 11.3 Å². The van der Waals surface area contributed by atoms with E-state index in [4.69, 9.17) is 15.7 Å². The van der Waals surface area contributed by atoms with Crippen LogP contribution in [-0.2, 0) is 4.74 Å². The lowest BCUT2D eigenvalue weighted by Gasteiger charge is -2.25. The first-order chi connectivity index (χ1) is 5.33. The summed E-state index contributed by atoms with van der Waals surface area (Å²) in [7, 11) is 0. The van der Waals surface area contributed by atoms with Gasteiger partial charge in [-0.1, -0.05) is 0 Å². The third-order valence-electron chi connectivity index (χ3n) is 2.10. The summed E-state index contributed by atoms with van der Waals surface area (Å²) in [5.41, 5.74) is 5.71. The fourth-order valence-corrected chi connectivity index (χ4v) is 1.41. The van der Waals surface area contributed by atoms with E-state index in [1.807, 2.05) is 6.07 Å². The number of ether oxygens (including phenoxy) is 1. The summed E-state index contributed by atoms with van der Waals surface area (Å²) in [6.45, 7) is 0.222. The van der Waals surface area contributed by atoms with Gasteiger partial charge < -0.3 is 10.5 Å². The molecule has 0 aromatic carbocycles. The second kappa shape index (κ2) is 4.32. The van der Waals surface area contributed by atoms with Crippen LogP contribution in [0.15, 0.2) is 0 Å². The molecule has 0 aliphatic heterocycles. The number of nitriles is 1. The van der Waals surface area contributed by atoms with Gasteiger partial charge in [0.25, 0.3) is 0 Å². The normalized spacial score (nSPS) is 31.3. The van der Waals surface area contributed by atoms with Crippen LogP contribution in [0.1, 0.15) is 25.7 Å². The third-order valence-corrected chi connectivity index (χ3v) is 2.10. The van der Waals surface area contributed by atoms with Crippen LogP contribution in [0.4, 0.5) is 0 Å². The number of hydrogen-bond donors (Lipinski definition) is 1. The maximum atomic E-state index is 8.25. The lowest BCUT2D eigenvalue weighted by molar-refractivity contribution is 0.0452. The number of hydrogen-bond acceptors (Lipinski definition) is 3. The Morgan fingerprint density at radius 2 is 2.00 bits per heavy atom. The van der Waals surface area contributed by atoms with Crippen molar-refractivity contribution in [3.63, 3.8) is 0 Å². The molecule has 2 N–H and O–H groups in total. The Morgan fingerprint density at radius 1 is 1.36 bits per heavy atom. The highest BCUT2D eigenvalue weighted by Crippen LogP contribution is 2.19. The van der Waals surface area contributed by atoms with Crippen LogP contribution in [0.3, 0.4) is 0 Å². The van der Waals surface area contributed by atoms with Gasteiger partial charge in [-0.2, -0.15) is 5.26 Å². The van der Waals surface area contributed by atoms with E-state index in [0.717, 1.165) is 25.7 Å². The molecule has 1 aliphatic carbocycles. The highest BCUT2D eigenvalue weighted by Gasteiger charge is 2.18. The lowest BCUT2D eigenvalue weighted by atomic mass is 9.94. The molecule has 0 aromatic heterocycles. The van der Waals surface area contributed by atoms with Crippen molar-refractivity contribution >= 4 is 0 Å². The Hall–Kier alpha value is -0.590. The van der Waals surface area contributed by atoms with Crippen LogP contribution in [0.25, 0.3) is 0 Å². The van der Waals surface area contributed by atoms with E-state index in [9.17, 15) is 0 Å². The van der Waals surface area contributed by atoms with Crippen LogP contribution in [0.2, 0.25) is 0 Å². The van der Waals surface area contributed by atoms with E-state index in [-0.39, 0.29) is 12.7 Å². The van der Waals surface area contributed by atoms with E-state index in [0.29, 0.717) is 6.04 Å². The zero-order chi connectivity index (χ0) is 8.10. The zero-order valence-corrected chi connectivity index (χ0v) is 6.62. The molecule has 1 aliphatic rings. The third kappa shape index (κ3) is 2.87. The van der Waals surface area contributed by atoms with Crippen molar-refractivity contribution in [2.75, 3.05) is 6.61 Å². The summed E-state index contributed by atoms with van der Waals surface area (Å²) in [5.74, 6) is 0. The first-order valence-corrected chi connectivity index (χ1v) is 4.07. The summed E-state index contributed by atoms with van der Waals surface area (Å²) < 4.78 is 5.26. The second-order valence-corrected chi connectivity index (χ2v) is 3.01. The summed E-state index contributed by atoms with van der Waals surface area (Å²) in [6.07, 6.45) is 4.40. The summed E-state index contributed by atoms with van der Waals surface area (Å²) in [5, 5.41) is 8.25. The monoisotopic (exact) mass is 154 g/mol. The van der Waals surface area contributed by atoms with Gasteiger partial charge >= 0.3 is 0 Å². The molecule has 0 aromatic rings. The first kappa shape index (κ1) is 8.51. The molecule has 0 spiro atoms. The largest absolute Gasteiger partial charge is 0.363 e. The highest BCUT2D eigenvalue weighted by atomic mass is 16.5. The molecular weight excluding hydrogens is 140 g/mol. The van der Waals surface area contributed by atoms with Crippen molar-refractivity contribution in [2.45, 2.75) is 37.8 Å². The van der Waals surface area contributed by atoms with Crippen molar-refractivity contribution in [2.24, 2.45) is 5.73 Å². The topological polar surface area (TPSA) is 59.0 Å². The quantitative estimate of drug-likeness (QED) is 0.640. The molecular formula is C8H14N2O. The van der Waals surface area contributed by atoms with Gasteiger partial charge in [-0.25, -0.2) is 0 Å². The molecule has 1 rings (SSSR count). The zero-order valence-electron chi connectivity index (χ0n) is 6.62. The average molecular weight is 154 g/mol. The SMILES string of the molecule is N#CCOC1CCC(N)CC1. The summed E-state index contributed by atoms with van der Waals surface area (Å²) >= 11 is 0. The minimum Gasteiger partial charge on any atom is -0.363 e. The maximum Gasteiger partial charge on any atom is 0.134 e. The van der Waals surface area contributed by atoms with E-state index >= 15 is 0 Å². The average Bonchev–Trinajstić information content (AvgIpc) is 2.04. The fraction of sp³-hybridized carbons (Fsp3) is 0.875. The maximum absolute atomic E-state index is 8.25. The van der Waals surface area contributed by atoms with Crippen LogP contribution in [0.5, 0.6) is 0 Å². The molecule has 3 nitrogen and oxygen atoms in total. The number of nitrogens with two attached hydrogens (primary N) is 1. The molecule has 0 radical (unpaired) electrons. The molecule has 62 valence electrons. The predicted octanol–water partition coefficient (Wildman–Crippen LogP) is 0.796. The van der Waals surface area contributed by atoms with Gasteiger partial charge in [0.2, 0.25) is 0 Å². The number of nitrogens with zero attached hydrogens (tertiary/aromatic N) is 1. The molecule has 0 atom stereocenters. The Balaban J connectivity index is 2.13. The highest BCUT2D eigenvalue weighted by molar-refractivity contribution is 4.76. The standard InChI is InChI=1S/C8H14N2O/c9-5-6-11-8-3-1-7(10)2-4-8/h7-8H,1-4,6,10H2. The van der Waals surface area contributed by atoms with E-state index < -0.39 is 0 Å². The van der Waals surface area contributed by atoms with E-state index in [1.165, 1.54) is 0 Å². The molecule has 3 heteroatoms. The van der Waals surface area contributed by atoms with Crippen LogP contribution >= 0.6 is 0 Å². The predicted molar refractivity (Wildman–Crippen MR) is 41.8 cm³/mol. The van der Waals surface area contributed by atoms with Crippen LogP contribution < -0.4 is 5.73 Å². The Kier molecular flexibility index (Phi) is 3.34. The summed E-state index contributed by atoms with van der Waals surface area (Å²) in [4.78, 5) is 0. The van der Waals surface area contributed by atoms with Crippen molar-refractivity contribution in [1.29, 1.82) is 5.26 Å². The van der Waals surface area contributed by atoms with Gasteiger partial charge in [0.05, 0.1) is 12.2 Å². The second-order valence-electron chi connectivity index (χ2n) is 3.01. The van der Waals surface area contributed by atoms with Gasteiger partial charge in [0.1, 0.15) is 6.61 Å². The molecule has 0 heterocycles. The van der Waals surface area contributed by atoms with Gasteiger partial charge in [0, 0.05) is 6.04 Å². The molecule has 0 bridgehead atoms. The minimum atomic E-state index is 0.222. The van der Waals surface area contributed by atoms with E-state index in [1.54, 1.807) is 0 Å². The Bertz CT molecular complexity index is 145. The molecule has 0 saturated heterocycles. The van der Waals surface area contributed by atoms with Gasteiger partial charge in [-0.3, -0.25) is 0 Å². The van der Waals surface area contributed by atoms with Crippen LogP contribution in [-0.4, -0.2) is 18.8 Å². The van der Waals surface area contributed by atoms with Crippen molar-refractivity contribution < 1.29 is 4.74 Å². The molecule has 1 fully saturated rings. The van der Waals surface area contributed by atoms with Gasteiger partial charge in [-0.05, 0) is 25.7 Å². The van der Waals surface area contributed by atoms with E-state index in [2.05, 4.69) is 0 Å². The molecule has 1 saturated carbocycles. The molecule has 0 amide bonds.